The number of anilines is 1. The van der Waals surface area contributed by atoms with Crippen LogP contribution in [0.15, 0.2) is 78.9 Å². The van der Waals surface area contributed by atoms with Crippen molar-refractivity contribution in [3.8, 4) is 17.2 Å². The molecule has 0 bridgehead atoms. The van der Waals surface area contributed by atoms with E-state index in [0.717, 1.165) is 0 Å². The summed E-state index contributed by atoms with van der Waals surface area (Å²) < 4.78 is 11.5. The minimum atomic E-state index is -0.696. The highest BCUT2D eigenvalue weighted by molar-refractivity contribution is 6.30. The van der Waals surface area contributed by atoms with Crippen molar-refractivity contribution >= 4 is 23.2 Å². The first kappa shape index (κ1) is 17.8. The number of rotatable bonds is 6. The van der Waals surface area contributed by atoms with E-state index in [0.29, 0.717) is 28.0 Å². The average Bonchev–Trinajstić information content (AvgIpc) is 2.64. The SMILES string of the molecule is CC(Oc1cccc(Cl)c1)C(=O)Nc1ccccc1Oc1ccccc1. The minimum Gasteiger partial charge on any atom is -0.481 e. The van der Waals surface area contributed by atoms with E-state index in [1.54, 1.807) is 43.3 Å². The van der Waals surface area contributed by atoms with Gasteiger partial charge in [0.25, 0.3) is 5.91 Å². The molecular weight excluding hydrogens is 350 g/mol. The monoisotopic (exact) mass is 367 g/mol. The topological polar surface area (TPSA) is 47.6 Å². The van der Waals surface area contributed by atoms with Crippen molar-refractivity contribution in [1.29, 1.82) is 0 Å². The highest BCUT2D eigenvalue weighted by Crippen LogP contribution is 2.29. The summed E-state index contributed by atoms with van der Waals surface area (Å²) in [7, 11) is 0. The number of hydrogen-bond acceptors (Lipinski definition) is 3. The van der Waals surface area contributed by atoms with Crippen LogP contribution in [0.4, 0.5) is 5.69 Å². The molecule has 0 heterocycles. The summed E-state index contributed by atoms with van der Waals surface area (Å²) in [5.74, 6) is 1.50. The van der Waals surface area contributed by atoms with Crippen LogP contribution in [-0.2, 0) is 4.79 Å². The molecule has 0 radical (unpaired) electrons. The lowest BCUT2D eigenvalue weighted by Gasteiger charge is -2.17. The number of amides is 1. The van der Waals surface area contributed by atoms with Gasteiger partial charge >= 0.3 is 0 Å². The smallest absolute Gasteiger partial charge is 0.265 e. The Kier molecular flexibility index (Phi) is 5.77. The van der Waals surface area contributed by atoms with Crippen molar-refractivity contribution in [2.75, 3.05) is 5.32 Å². The Hall–Kier alpha value is -2.98. The van der Waals surface area contributed by atoms with E-state index in [1.807, 2.05) is 42.5 Å². The number of carbonyl (C=O) groups excluding carboxylic acids is 1. The van der Waals surface area contributed by atoms with E-state index < -0.39 is 6.10 Å². The zero-order valence-corrected chi connectivity index (χ0v) is 14.9. The Morgan fingerprint density at radius 3 is 2.38 bits per heavy atom. The number of benzene rings is 3. The van der Waals surface area contributed by atoms with E-state index >= 15 is 0 Å². The molecule has 0 spiro atoms. The molecule has 1 atom stereocenters. The Morgan fingerprint density at radius 1 is 0.923 bits per heavy atom. The quantitative estimate of drug-likeness (QED) is 0.622. The van der Waals surface area contributed by atoms with E-state index in [9.17, 15) is 4.79 Å². The minimum absolute atomic E-state index is 0.283. The van der Waals surface area contributed by atoms with Gasteiger partial charge in [0, 0.05) is 5.02 Å². The predicted molar refractivity (Wildman–Crippen MR) is 103 cm³/mol. The van der Waals surface area contributed by atoms with Crippen LogP contribution in [0.5, 0.6) is 17.2 Å². The molecule has 132 valence electrons. The van der Waals surface area contributed by atoms with E-state index in [-0.39, 0.29) is 5.91 Å². The van der Waals surface area contributed by atoms with Crippen molar-refractivity contribution in [3.63, 3.8) is 0 Å². The van der Waals surface area contributed by atoms with Crippen molar-refractivity contribution in [1.82, 2.24) is 0 Å². The maximum absolute atomic E-state index is 12.5. The van der Waals surface area contributed by atoms with Gasteiger partial charge in [-0.25, -0.2) is 0 Å². The Bertz CT molecular complexity index is 883. The van der Waals surface area contributed by atoms with Gasteiger partial charge < -0.3 is 14.8 Å². The van der Waals surface area contributed by atoms with Gasteiger partial charge in [0.15, 0.2) is 11.9 Å². The number of ether oxygens (including phenoxy) is 2. The van der Waals surface area contributed by atoms with Gasteiger partial charge in [-0.15, -0.1) is 0 Å². The van der Waals surface area contributed by atoms with Crippen LogP contribution in [0.25, 0.3) is 0 Å². The second-order valence-corrected chi connectivity index (χ2v) is 6.05. The second-order valence-electron chi connectivity index (χ2n) is 5.62. The molecule has 26 heavy (non-hydrogen) atoms. The molecule has 1 unspecified atom stereocenters. The first-order valence-corrected chi connectivity index (χ1v) is 8.54. The Balaban J connectivity index is 1.69. The molecule has 1 N–H and O–H groups in total. The van der Waals surface area contributed by atoms with E-state index in [1.165, 1.54) is 0 Å². The standard InChI is InChI=1S/C21H18ClNO3/c1-15(25-18-11-7-8-16(22)14-18)21(24)23-19-12-5-6-13-20(19)26-17-9-3-2-4-10-17/h2-15H,1H3,(H,23,24). The Morgan fingerprint density at radius 2 is 1.62 bits per heavy atom. The normalized spacial score (nSPS) is 11.5. The van der Waals surface area contributed by atoms with Crippen molar-refractivity contribution < 1.29 is 14.3 Å². The largest absolute Gasteiger partial charge is 0.481 e. The molecule has 0 fully saturated rings. The van der Waals surface area contributed by atoms with Gasteiger partial charge in [0.05, 0.1) is 5.69 Å². The van der Waals surface area contributed by atoms with Gasteiger partial charge in [-0.1, -0.05) is 48.0 Å². The molecule has 0 saturated heterocycles. The fourth-order valence-electron chi connectivity index (χ4n) is 2.31. The molecule has 0 saturated carbocycles. The first-order chi connectivity index (χ1) is 12.6. The number of hydrogen-bond donors (Lipinski definition) is 1. The zero-order valence-electron chi connectivity index (χ0n) is 14.2. The summed E-state index contributed by atoms with van der Waals surface area (Å²) in [4.78, 5) is 12.5. The molecule has 0 aliphatic rings. The molecule has 0 aromatic heterocycles. The second kappa shape index (κ2) is 8.41. The fourth-order valence-corrected chi connectivity index (χ4v) is 2.49. The van der Waals surface area contributed by atoms with Crippen molar-refractivity contribution in [2.45, 2.75) is 13.0 Å². The van der Waals surface area contributed by atoms with Gasteiger partial charge in [0.2, 0.25) is 0 Å². The zero-order chi connectivity index (χ0) is 18.4. The lowest BCUT2D eigenvalue weighted by molar-refractivity contribution is -0.122. The highest BCUT2D eigenvalue weighted by Gasteiger charge is 2.17. The van der Waals surface area contributed by atoms with Crippen LogP contribution in [-0.4, -0.2) is 12.0 Å². The predicted octanol–water partition coefficient (Wildman–Crippen LogP) is 5.54. The third kappa shape index (κ3) is 4.77. The summed E-state index contributed by atoms with van der Waals surface area (Å²) in [6.07, 6.45) is -0.696. The summed E-state index contributed by atoms with van der Waals surface area (Å²) >= 11 is 5.94. The van der Waals surface area contributed by atoms with Crippen LogP contribution >= 0.6 is 11.6 Å². The molecule has 0 aliphatic carbocycles. The number of halogens is 1. The summed E-state index contributed by atoms with van der Waals surface area (Å²) in [5, 5.41) is 3.40. The van der Waals surface area contributed by atoms with E-state index in [4.69, 9.17) is 21.1 Å². The fraction of sp³-hybridized carbons (Fsp3) is 0.0952. The molecule has 4 nitrogen and oxygen atoms in total. The third-order valence-corrected chi connectivity index (χ3v) is 3.83. The number of carbonyl (C=O) groups is 1. The maximum atomic E-state index is 12.5. The van der Waals surface area contributed by atoms with Crippen LogP contribution in [0.1, 0.15) is 6.92 Å². The average molecular weight is 368 g/mol. The first-order valence-electron chi connectivity index (χ1n) is 8.17. The molecule has 3 aromatic rings. The van der Waals surface area contributed by atoms with Crippen LogP contribution in [0, 0.1) is 0 Å². The Labute approximate surface area is 157 Å². The molecule has 1 amide bonds. The van der Waals surface area contributed by atoms with Gasteiger partial charge in [-0.05, 0) is 49.4 Å². The van der Waals surface area contributed by atoms with Gasteiger partial charge in [0.1, 0.15) is 11.5 Å². The third-order valence-electron chi connectivity index (χ3n) is 3.59. The van der Waals surface area contributed by atoms with Crippen LogP contribution < -0.4 is 14.8 Å². The number of para-hydroxylation sites is 3. The molecule has 3 rings (SSSR count). The van der Waals surface area contributed by atoms with Crippen LogP contribution in [0.2, 0.25) is 5.02 Å². The summed E-state index contributed by atoms with van der Waals surface area (Å²) in [6, 6.07) is 23.6. The molecule has 5 heteroatoms. The van der Waals surface area contributed by atoms with Gasteiger partial charge in [-0.3, -0.25) is 4.79 Å². The maximum Gasteiger partial charge on any atom is 0.265 e. The lowest BCUT2D eigenvalue weighted by Crippen LogP contribution is -2.30. The lowest BCUT2D eigenvalue weighted by atomic mass is 10.2. The van der Waals surface area contributed by atoms with Crippen molar-refractivity contribution in [3.05, 3.63) is 83.9 Å². The van der Waals surface area contributed by atoms with Crippen molar-refractivity contribution in [2.24, 2.45) is 0 Å². The summed E-state index contributed by atoms with van der Waals surface area (Å²) in [5.41, 5.74) is 0.572. The highest BCUT2D eigenvalue weighted by atomic mass is 35.5. The van der Waals surface area contributed by atoms with E-state index in [2.05, 4.69) is 5.32 Å². The van der Waals surface area contributed by atoms with Crippen LogP contribution in [0.3, 0.4) is 0 Å². The molecular formula is C21H18ClNO3. The van der Waals surface area contributed by atoms with Gasteiger partial charge in [-0.2, -0.15) is 0 Å². The number of nitrogens with one attached hydrogen (secondary N) is 1. The summed E-state index contributed by atoms with van der Waals surface area (Å²) in [6.45, 7) is 1.68. The molecule has 0 aliphatic heterocycles. The molecule has 3 aromatic carbocycles.